The monoisotopic (exact) mass is 332 g/mol. The largest absolute Gasteiger partial charge is 0.323 e. The lowest BCUT2D eigenvalue weighted by atomic mass is 10.3. The van der Waals surface area contributed by atoms with Gasteiger partial charge in [0.25, 0.3) is 10.0 Å². The van der Waals surface area contributed by atoms with Crippen LogP contribution in [-0.2, 0) is 14.8 Å². The molecule has 0 spiro atoms. The van der Waals surface area contributed by atoms with Crippen LogP contribution in [0.2, 0.25) is 0 Å². The van der Waals surface area contributed by atoms with Crippen LogP contribution in [0.25, 0.3) is 0 Å². The maximum atomic E-state index is 12.3. The average molecular weight is 332 g/mol. The number of aromatic nitrogens is 2. The van der Waals surface area contributed by atoms with Crippen LogP contribution >= 0.6 is 0 Å². The van der Waals surface area contributed by atoms with Crippen LogP contribution in [0, 0.1) is 13.8 Å². The molecule has 0 radical (unpaired) electrons. The normalized spacial score (nSPS) is 10.9. The zero-order valence-electron chi connectivity index (χ0n) is 12.7. The second-order valence-electron chi connectivity index (χ2n) is 4.80. The number of sulfonamides is 1. The Bertz CT molecular complexity index is 825. The molecule has 2 rings (SSSR count). The minimum Gasteiger partial charge on any atom is -0.323 e. The Kier molecular flexibility index (Phi) is 4.75. The van der Waals surface area contributed by atoms with Crippen molar-refractivity contribution in [2.45, 2.75) is 18.7 Å². The summed E-state index contributed by atoms with van der Waals surface area (Å²) in [4.78, 5) is 19.3. The molecule has 0 fully saturated rings. The number of anilines is 2. The maximum Gasteiger partial charge on any atom is 0.264 e. The van der Waals surface area contributed by atoms with E-state index < -0.39 is 10.0 Å². The van der Waals surface area contributed by atoms with Gasteiger partial charge in [-0.15, -0.1) is 0 Å². The summed E-state index contributed by atoms with van der Waals surface area (Å²) in [5.74, 6) is -0.353. The van der Waals surface area contributed by atoms with Crippen molar-refractivity contribution < 1.29 is 13.2 Å². The molecule has 23 heavy (non-hydrogen) atoms. The third-order valence-corrected chi connectivity index (χ3v) is 4.17. The second kappa shape index (κ2) is 6.57. The van der Waals surface area contributed by atoms with E-state index >= 15 is 0 Å². The minimum atomic E-state index is -3.81. The van der Waals surface area contributed by atoms with Crippen LogP contribution in [0.15, 0.2) is 47.9 Å². The quantitative estimate of drug-likeness (QED) is 0.816. The highest BCUT2D eigenvalue weighted by atomic mass is 32.2. The van der Waals surface area contributed by atoms with Gasteiger partial charge in [-0.3, -0.25) is 4.79 Å². The number of nitrogens with zero attached hydrogens (tertiary/aromatic N) is 2. The predicted octanol–water partition coefficient (Wildman–Crippen LogP) is 2.02. The van der Waals surface area contributed by atoms with Crippen molar-refractivity contribution in [2.24, 2.45) is 0 Å². The number of hydrogen-bond donors (Lipinski definition) is 2. The minimum absolute atomic E-state index is 0.0199. The van der Waals surface area contributed by atoms with Crippen LogP contribution in [0.1, 0.15) is 11.4 Å². The number of rotatable bonds is 5. The summed E-state index contributed by atoms with van der Waals surface area (Å²) in [6.07, 6.45) is 1.13. The molecule has 7 nitrogen and oxygen atoms in total. The first-order chi connectivity index (χ1) is 10.8. The van der Waals surface area contributed by atoms with E-state index in [2.05, 4.69) is 26.6 Å². The number of aryl methyl sites for hydroxylation is 2. The molecule has 0 bridgehead atoms. The zero-order chi connectivity index (χ0) is 17.0. The molecule has 0 atom stereocenters. The predicted molar refractivity (Wildman–Crippen MR) is 87.6 cm³/mol. The summed E-state index contributed by atoms with van der Waals surface area (Å²) >= 11 is 0. The van der Waals surface area contributed by atoms with E-state index in [1.54, 1.807) is 19.9 Å². The van der Waals surface area contributed by atoms with Crippen molar-refractivity contribution in [3.8, 4) is 0 Å². The lowest BCUT2D eigenvalue weighted by Gasteiger charge is -2.09. The summed E-state index contributed by atoms with van der Waals surface area (Å²) in [5.41, 5.74) is 1.80. The van der Waals surface area contributed by atoms with Crippen LogP contribution in [0.4, 0.5) is 11.6 Å². The standard InChI is InChI=1S/C15H16N4O3S/c1-4-14(20)18-12-5-7-13(8-6-12)23(21,22)19-15-16-10(2)9-11(3)17-15/h4-9H,1H2,2-3H3,(H,18,20)(H,16,17,19). The molecule has 120 valence electrons. The molecule has 8 heteroatoms. The number of hydrogen-bond acceptors (Lipinski definition) is 5. The Balaban J connectivity index is 2.22. The Hall–Kier alpha value is -2.74. The molecule has 1 amide bonds. The average Bonchev–Trinajstić information content (AvgIpc) is 2.46. The summed E-state index contributed by atoms with van der Waals surface area (Å²) in [7, 11) is -3.81. The second-order valence-corrected chi connectivity index (χ2v) is 6.48. The number of carbonyl (C=O) groups is 1. The Labute approximate surface area is 134 Å². The molecule has 0 aliphatic carbocycles. The highest BCUT2D eigenvalue weighted by Crippen LogP contribution is 2.17. The fraction of sp³-hybridized carbons (Fsp3) is 0.133. The molecule has 2 aromatic rings. The maximum absolute atomic E-state index is 12.3. The van der Waals surface area contributed by atoms with E-state index in [4.69, 9.17) is 0 Å². The van der Waals surface area contributed by atoms with Crippen molar-refractivity contribution in [2.75, 3.05) is 10.0 Å². The first-order valence-electron chi connectivity index (χ1n) is 6.69. The molecule has 0 saturated carbocycles. The van der Waals surface area contributed by atoms with Gasteiger partial charge in [0.1, 0.15) is 0 Å². The zero-order valence-corrected chi connectivity index (χ0v) is 13.5. The van der Waals surface area contributed by atoms with Gasteiger partial charge in [0.15, 0.2) is 0 Å². The molecule has 1 aromatic heterocycles. The van der Waals surface area contributed by atoms with Gasteiger partial charge in [0.2, 0.25) is 11.9 Å². The van der Waals surface area contributed by atoms with Gasteiger partial charge in [-0.1, -0.05) is 6.58 Å². The first kappa shape index (κ1) is 16.6. The summed E-state index contributed by atoms with van der Waals surface area (Å²) in [6, 6.07) is 7.47. The van der Waals surface area contributed by atoms with Crippen molar-refractivity contribution in [3.05, 3.63) is 54.4 Å². The van der Waals surface area contributed by atoms with Gasteiger partial charge in [0.05, 0.1) is 4.90 Å². The topological polar surface area (TPSA) is 101 Å². The first-order valence-corrected chi connectivity index (χ1v) is 8.17. The van der Waals surface area contributed by atoms with Gasteiger partial charge < -0.3 is 5.32 Å². The number of nitrogens with one attached hydrogen (secondary N) is 2. The van der Waals surface area contributed by atoms with Crippen LogP contribution in [0.3, 0.4) is 0 Å². The van der Waals surface area contributed by atoms with Crippen molar-refractivity contribution in [1.29, 1.82) is 0 Å². The van der Waals surface area contributed by atoms with Crippen LogP contribution < -0.4 is 10.0 Å². The van der Waals surface area contributed by atoms with Crippen molar-refractivity contribution in [3.63, 3.8) is 0 Å². The number of carbonyl (C=O) groups excluding carboxylic acids is 1. The Morgan fingerprint density at radius 3 is 2.22 bits per heavy atom. The molecule has 1 aromatic carbocycles. The highest BCUT2D eigenvalue weighted by Gasteiger charge is 2.16. The van der Waals surface area contributed by atoms with E-state index in [-0.39, 0.29) is 16.8 Å². The van der Waals surface area contributed by atoms with Gasteiger partial charge in [-0.25, -0.2) is 23.1 Å². The molecule has 0 saturated heterocycles. The Morgan fingerprint density at radius 1 is 1.13 bits per heavy atom. The lowest BCUT2D eigenvalue weighted by Crippen LogP contribution is -2.16. The number of benzene rings is 1. The third-order valence-electron chi connectivity index (χ3n) is 2.83. The summed E-state index contributed by atoms with van der Waals surface area (Å²) < 4.78 is 27.0. The molecular formula is C15H16N4O3S. The van der Waals surface area contributed by atoms with Gasteiger partial charge in [-0.05, 0) is 50.3 Å². The van der Waals surface area contributed by atoms with Crippen molar-refractivity contribution >= 4 is 27.6 Å². The highest BCUT2D eigenvalue weighted by molar-refractivity contribution is 7.92. The molecule has 0 aliphatic rings. The number of amides is 1. The van der Waals surface area contributed by atoms with E-state index in [0.29, 0.717) is 17.1 Å². The van der Waals surface area contributed by atoms with Crippen LogP contribution in [0.5, 0.6) is 0 Å². The molecule has 0 aliphatic heterocycles. The lowest BCUT2D eigenvalue weighted by molar-refractivity contribution is -0.111. The fourth-order valence-corrected chi connectivity index (χ4v) is 2.81. The molecule has 1 heterocycles. The van der Waals surface area contributed by atoms with Gasteiger partial charge >= 0.3 is 0 Å². The molecular weight excluding hydrogens is 316 g/mol. The van der Waals surface area contributed by atoms with Crippen LogP contribution in [-0.4, -0.2) is 24.3 Å². The fourth-order valence-electron chi connectivity index (χ4n) is 1.86. The van der Waals surface area contributed by atoms with Gasteiger partial charge in [-0.2, -0.15) is 0 Å². The Morgan fingerprint density at radius 2 is 1.70 bits per heavy atom. The third kappa shape index (κ3) is 4.36. The van der Waals surface area contributed by atoms with E-state index in [9.17, 15) is 13.2 Å². The SMILES string of the molecule is C=CC(=O)Nc1ccc(S(=O)(=O)Nc2nc(C)cc(C)n2)cc1. The van der Waals surface area contributed by atoms with E-state index in [1.165, 1.54) is 24.3 Å². The molecule has 2 N–H and O–H groups in total. The summed E-state index contributed by atoms with van der Waals surface area (Å²) in [5, 5.41) is 2.54. The smallest absolute Gasteiger partial charge is 0.264 e. The van der Waals surface area contributed by atoms with Gasteiger partial charge in [0, 0.05) is 17.1 Å². The van der Waals surface area contributed by atoms with E-state index in [1.807, 2.05) is 0 Å². The van der Waals surface area contributed by atoms with Crippen molar-refractivity contribution in [1.82, 2.24) is 9.97 Å². The molecule has 0 unspecified atom stereocenters. The van der Waals surface area contributed by atoms with E-state index in [0.717, 1.165) is 6.08 Å². The summed E-state index contributed by atoms with van der Waals surface area (Å²) in [6.45, 7) is 6.85.